The zero-order chi connectivity index (χ0) is 14.3. The fraction of sp³-hybridized carbons (Fsp3) is 0.538. The van der Waals surface area contributed by atoms with E-state index in [1.54, 1.807) is 0 Å². The molecule has 1 aromatic rings. The lowest BCUT2D eigenvalue weighted by atomic mass is 10.1. The van der Waals surface area contributed by atoms with Crippen molar-refractivity contribution in [3.63, 3.8) is 0 Å². The highest BCUT2D eigenvalue weighted by atomic mass is 16.6. The molecule has 19 heavy (non-hydrogen) atoms. The van der Waals surface area contributed by atoms with E-state index < -0.39 is 11.0 Å². The van der Waals surface area contributed by atoms with Gasteiger partial charge in [0.15, 0.2) is 0 Å². The number of benzene rings is 1. The van der Waals surface area contributed by atoms with Gasteiger partial charge >= 0.3 is 0 Å². The Hall–Kier alpha value is -1.66. The number of aliphatic hydroxyl groups excluding tert-OH is 2. The smallest absolute Gasteiger partial charge is 0.270 e. The number of aliphatic hydroxyl groups is 2. The van der Waals surface area contributed by atoms with Crippen LogP contribution < -0.4 is 4.74 Å². The van der Waals surface area contributed by atoms with E-state index >= 15 is 0 Å². The van der Waals surface area contributed by atoms with Crippen LogP contribution in [0.25, 0.3) is 0 Å². The molecule has 0 spiro atoms. The molecule has 1 aromatic carbocycles. The van der Waals surface area contributed by atoms with Crippen molar-refractivity contribution in [2.75, 3.05) is 13.2 Å². The molecule has 6 heteroatoms. The van der Waals surface area contributed by atoms with Crippen molar-refractivity contribution in [3.8, 4) is 5.75 Å². The van der Waals surface area contributed by atoms with Gasteiger partial charge in [-0.2, -0.15) is 0 Å². The van der Waals surface area contributed by atoms with E-state index in [2.05, 4.69) is 0 Å². The zero-order valence-corrected chi connectivity index (χ0v) is 10.9. The zero-order valence-electron chi connectivity index (χ0n) is 10.9. The molecule has 0 amide bonds. The average Bonchev–Trinajstić information content (AvgIpc) is 2.38. The molecule has 0 aliphatic carbocycles. The normalized spacial score (nSPS) is 12.2. The highest BCUT2D eigenvalue weighted by Gasteiger charge is 2.15. The van der Waals surface area contributed by atoms with Crippen molar-refractivity contribution >= 4 is 5.69 Å². The van der Waals surface area contributed by atoms with Crippen LogP contribution >= 0.6 is 0 Å². The summed E-state index contributed by atoms with van der Waals surface area (Å²) in [6, 6.07) is 4.19. The number of hydrogen-bond donors (Lipinski definition) is 2. The summed E-state index contributed by atoms with van der Waals surface area (Å²) in [6.07, 6.45) is 1.55. The van der Waals surface area contributed by atoms with Crippen molar-refractivity contribution in [2.24, 2.45) is 0 Å². The Balaban J connectivity index is 2.69. The summed E-state index contributed by atoms with van der Waals surface area (Å²) in [5, 5.41) is 28.9. The maximum absolute atomic E-state index is 10.7. The Bertz CT molecular complexity index is 419. The molecule has 0 saturated carbocycles. The molecule has 106 valence electrons. The third-order valence-corrected chi connectivity index (χ3v) is 2.71. The quantitative estimate of drug-likeness (QED) is 0.428. The number of rotatable bonds is 8. The molecule has 0 radical (unpaired) electrons. The van der Waals surface area contributed by atoms with Crippen LogP contribution in [0.15, 0.2) is 18.2 Å². The summed E-state index contributed by atoms with van der Waals surface area (Å²) >= 11 is 0. The Morgan fingerprint density at radius 1 is 1.37 bits per heavy atom. The van der Waals surface area contributed by atoms with Gasteiger partial charge in [-0.3, -0.25) is 10.1 Å². The average molecular weight is 269 g/mol. The van der Waals surface area contributed by atoms with E-state index in [1.165, 1.54) is 25.1 Å². The molecular formula is C13H19NO5. The van der Waals surface area contributed by atoms with E-state index in [9.17, 15) is 15.2 Å². The van der Waals surface area contributed by atoms with Gasteiger partial charge in [-0.25, -0.2) is 0 Å². The molecule has 0 fully saturated rings. The molecular weight excluding hydrogens is 250 g/mol. The monoisotopic (exact) mass is 269 g/mol. The first-order valence-electron chi connectivity index (χ1n) is 6.26. The minimum Gasteiger partial charge on any atom is -0.493 e. The van der Waals surface area contributed by atoms with Crippen LogP contribution in [-0.2, 0) is 0 Å². The number of non-ortho nitro benzene ring substituents is 1. The number of nitro groups is 1. The van der Waals surface area contributed by atoms with Gasteiger partial charge in [-0.05, 0) is 32.3 Å². The maximum Gasteiger partial charge on any atom is 0.270 e. The molecule has 6 nitrogen and oxygen atoms in total. The second-order valence-corrected chi connectivity index (χ2v) is 4.29. The van der Waals surface area contributed by atoms with Crippen LogP contribution in [0.3, 0.4) is 0 Å². The van der Waals surface area contributed by atoms with Gasteiger partial charge in [0.1, 0.15) is 5.75 Å². The van der Waals surface area contributed by atoms with Crippen molar-refractivity contribution in [1.82, 2.24) is 0 Å². The summed E-state index contributed by atoms with van der Waals surface area (Å²) in [6.45, 7) is 2.16. The molecule has 0 aromatic heterocycles. The number of ether oxygens (including phenoxy) is 1. The van der Waals surface area contributed by atoms with Crippen molar-refractivity contribution in [1.29, 1.82) is 0 Å². The molecule has 1 atom stereocenters. The second-order valence-electron chi connectivity index (χ2n) is 4.29. The summed E-state index contributed by atoms with van der Waals surface area (Å²) in [7, 11) is 0. The fourth-order valence-electron chi connectivity index (χ4n) is 1.68. The maximum atomic E-state index is 10.7. The minimum absolute atomic E-state index is 0.0662. The Morgan fingerprint density at radius 2 is 2.11 bits per heavy atom. The predicted octanol–water partition coefficient (Wildman–Crippen LogP) is 2.19. The molecule has 0 unspecified atom stereocenters. The topological polar surface area (TPSA) is 92.8 Å². The van der Waals surface area contributed by atoms with Gasteiger partial charge in [-0.15, -0.1) is 0 Å². The fourth-order valence-corrected chi connectivity index (χ4v) is 1.68. The van der Waals surface area contributed by atoms with Gasteiger partial charge in [-0.1, -0.05) is 0 Å². The van der Waals surface area contributed by atoms with Gasteiger partial charge in [0.2, 0.25) is 0 Å². The lowest BCUT2D eigenvalue weighted by Crippen LogP contribution is -2.03. The number of hydrogen-bond acceptors (Lipinski definition) is 5. The largest absolute Gasteiger partial charge is 0.493 e. The van der Waals surface area contributed by atoms with E-state index in [0.29, 0.717) is 17.9 Å². The van der Waals surface area contributed by atoms with E-state index in [-0.39, 0.29) is 12.3 Å². The summed E-state index contributed by atoms with van der Waals surface area (Å²) in [4.78, 5) is 10.2. The van der Waals surface area contributed by atoms with Crippen LogP contribution in [0.1, 0.15) is 37.9 Å². The van der Waals surface area contributed by atoms with Crippen LogP contribution in [0, 0.1) is 10.1 Å². The van der Waals surface area contributed by atoms with Crippen molar-refractivity contribution in [3.05, 3.63) is 33.9 Å². The number of nitrogens with zero attached hydrogens (tertiary/aromatic N) is 1. The van der Waals surface area contributed by atoms with E-state index in [1.807, 2.05) is 0 Å². The van der Waals surface area contributed by atoms with Gasteiger partial charge in [0, 0.05) is 24.3 Å². The Labute approximate surface area is 111 Å². The highest BCUT2D eigenvalue weighted by molar-refractivity contribution is 5.44. The minimum atomic E-state index is -0.827. The second kappa shape index (κ2) is 7.70. The highest BCUT2D eigenvalue weighted by Crippen LogP contribution is 2.29. The summed E-state index contributed by atoms with van der Waals surface area (Å²) in [5.74, 6) is 0.463. The molecule has 0 bridgehead atoms. The molecule has 0 aliphatic heterocycles. The molecule has 0 saturated heterocycles. The number of nitro benzene ring substituents is 1. The SMILES string of the molecule is C[C@@H](O)c1cc([N+](=O)[O-])ccc1OCCCCCO. The first-order valence-corrected chi connectivity index (χ1v) is 6.26. The standard InChI is InChI=1S/C13H19NO5/c1-10(16)12-9-11(14(17)18)5-6-13(12)19-8-4-2-3-7-15/h5-6,9-10,15-16H,2-4,7-8H2,1H3/t10-/m1/s1. The van der Waals surface area contributed by atoms with Crippen LogP contribution in [0.4, 0.5) is 5.69 Å². The molecule has 0 aliphatic rings. The Kier molecular flexibility index (Phi) is 6.24. The van der Waals surface area contributed by atoms with E-state index in [4.69, 9.17) is 9.84 Å². The number of unbranched alkanes of at least 4 members (excludes halogenated alkanes) is 2. The first kappa shape index (κ1) is 15.4. The first-order chi connectivity index (χ1) is 9.06. The lowest BCUT2D eigenvalue weighted by Gasteiger charge is -2.13. The van der Waals surface area contributed by atoms with Crippen molar-refractivity contribution < 1.29 is 19.9 Å². The van der Waals surface area contributed by atoms with Crippen LogP contribution in [0.2, 0.25) is 0 Å². The molecule has 0 heterocycles. The Morgan fingerprint density at radius 3 is 2.68 bits per heavy atom. The molecule has 2 N–H and O–H groups in total. The third kappa shape index (κ3) is 4.84. The predicted molar refractivity (Wildman–Crippen MR) is 70.2 cm³/mol. The van der Waals surface area contributed by atoms with Crippen LogP contribution in [0.5, 0.6) is 5.75 Å². The lowest BCUT2D eigenvalue weighted by molar-refractivity contribution is -0.385. The summed E-state index contributed by atoms with van der Waals surface area (Å²) in [5.41, 5.74) is 0.347. The molecule has 1 rings (SSSR count). The van der Waals surface area contributed by atoms with Crippen LogP contribution in [-0.4, -0.2) is 28.4 Å². The van der Waals surface area contributed by atoms with Gasteiger partial charge in [0.05, 0.1) is 17.6 Å². The third-order valence-electron chi connectivity index (χ3n) is 2.71. The van der Waals surface area contributed by atoms with Gasteiger partial charge < -0.3 is 14.9 Å². The summed E-state index contributed by atoms with van der Waals surface area (Å²) < 4.78 is 5.52. The van der Waals surface area contributed by atoms with E-state index in [0.717, 1.165) is 19.3 Å². The van der Waals surface area contributed by atoms with Gasteiger partial charge in [0.25, 0.3) is 5.69 Å². The van der Waals surface area contributed by atoms with Crippen molar-refractivity contribution in [2.45, 2.75) is 32.3 Å².